The highest BCUT2D eigenvalue weighted by Crippen LogP contribution is 2.44. The molecule has 0 unspecified atom stereocenters. The van der Waals surface area contributed by atoms with Crippen LogP contribution in [0.2, 0.25) is 0 Å². The molecular weight excluding hydrogens is 252 g/mol. The second-order valence-electron chi connectivity index (χ2n) is 5.77. The topological polar surface area (TPSA) is 64.4 Å². The van der Waals surface area contributed by atoms with Crippen molar-refractivity contribution in [2.45, 2.75) is 56.8 Å². The summed E-state index contributed by atoms with van der Waals surface area (Å²) in [7, 11) is 0. The van der Waals surface area contributed by atoms with E-state index in [-0.39, 0.29) is 30.5 Å². The molecule has 0 aromatic heterocycles. The van der Waals surface area contributed by atoms with Gasteiger partial charge in [0, 0.05) is 12.6 Å². The highest BCUT2D eigenvalue weighted by Gasteiger charge is 2.43. The Morgan fingerprint density at radius 1 is 1.17 bits per heavy atom. The van der Waals surface area contributed by atoms with Gasteiger partial charge < -0.3 is 15.8 Å². The number of halogens is 1. The van der Waals surface area contributed by atoms with E-state index >= 15 is 0 Å². The van der Waals surface area contributed by atoms with Crippen molar-refractivity contribution in [2.24, 2.45) is 17.6 Å². The first-order chi connectivity index (χ1) is 8.28. The normalized spacial score (nSPS) is 31.2. The lowest BCUT2D eigenvalue weighted by Gasteiger charge is -2.20. The average molecular weight is 275 g/mol. The molecule has 4 nitrogen and oxygen atoms in total. The van der Waals surface area contributed by atoms with Gasteiger partial charge in [0.25, 0.3) is 0 Å². The molecule has 3 N–H and O–H groups in total. The smallest absolute Gasteiger partial charge is 0.249 e. The Labute approximate surface area is 114 Å². The molecule has 2 aliphatic carbocycles. The van der Waals surface area contributed by atoms with Gasteiger partial charge in [-0.25, -0.2) is 0 Å². The lowest BCUT2D eigenvalue weighted by molar-refractivity contribution is -0.132. The van der Waals surface area contributed by atoms with Crippen LogP contribution in [-0.4, -0.2) is 30.7 Å². The second kappa shape index (κ2) is 5.76. The van der Waals surface area contributed by atoms with Crippen LogP contribution < -0.4 is 11.1 Å². The maximum Gasteiger partial charge on any atom is 0.249 e. The van der Waals surface area contributed by atoms with E-state index in [0.29, 0.717) is 12.6 Å². The number of nitrogens with two attached hydrogens (primary N) is 1. The van der Waals surface area contributed by atoms with Gasteiger partial charge in [-0.15, -0.1) is 12.4 Å². The first-order valence-corrected chi connectivity index (χ1v) is 6.94. The summed E-state index contributed by atoms with van der Waals surface area (Å²) in [5.41, 5.74) is 5.56. The van der Waals surface area contributed by atoms with Gasteiger partial charge in [-0.05, 0) is 50.4 Å². The Balaban J connectivity index is 0.00000120. The molecule has 0 aromatic carbocycles. The van der Waals surface area contributed by atoms with E-state index in [0.717, 1.165) is 24.7 Å². The minimum atomic E-state index is -0.247. The van der Waals surface area contributed by atoms with Crippen LogP contribution in [0.3, 0.4) is 0 Å². The van der Waals surface area contributed by atoms with Gasteiger partial charge in [0.05, 0.1) is 6.10 Å². The number of amides is 1. The molecule has 0 radical (unpaired) electrons. The van der Waals surface area contributed by atoms with Gasteiger partial charge in [-0.2, -0.15) is 0 Å². The van der Waals surface area contributed by atoms with Crippen molar-refractivity contribution in [3.05, 3.63) is 0 Å². The van der Waals surface area contributed by atoms with Crippen LogP contribution >= 0.6 is 12.4 Å². The standard InChI is InChI=1S/C13H22N2O2.ClH/c14-7-10-5-6-11(17-10)13(16)15-12(8-1-2-8)9-3-4-9;/h8-12H,1-7,14H2,(H,15,16);1H/t10-,11+;/m1./s1. The Kier molecular flexibility index (Phi) is 4.51. The van der Waals surface area contributed by atoms with Crippen LogP contribution in [-0.2, 0) is 9.53 Å². The van der Waals surface area contributed by atoms with Gasteiger partial charge in [0.1, 0.15) is 6.10 Å². The molecule has 104 valence electrons. The summed E-state index contributed by atoms with van der Waals surface area (Å²) in [5.74, 6) is 1.60. The third-order valence-corrected chi connectivity index (χ3v) is 4.23. The molecule has 1 heterocycles. The fourth-order valence-electron chi connectivity index (χ4n) is 2.86. The highest BCUT2D eigenvalue weighted by molar-refractivity contribution is 5.85. The van der Waals surface area contributed by atoms with E-state index < -0.39 is 0 Å². The number of carbonyl (C=O) groups is 1. The van der Waals surface area contributed by atoms with Gasteiger partial charge in [0.15, 0.2) is 0 Å². The van der Waals surface area contributed by atoms with Gasteiger partial charge in [-0.1, -0.05) is 0 Å². The lowest BCUT2D eigenvalue weighted by atomic mass is 10.1. The van der Waals surface area contributed by atoms with Crippen LogP contribution in [0.25, 0.3) is 0 Å². The van der Waals surface area contributed by atoms with E-state index in [1.165, 1.54) is 25.7 Å². The van der Waals surface area contributed by atoms with Crippen molar-refractivity contribution >= 4 is 18.3 Å². The third kappa shape index (κ3) is 3.16. The monoisotopic (exact) mass is 274 g/mol. The molecule has 2 atom stereocenters. The molecule has 0 bridgehead atoms. The Morgan fingerprint density at radius 3 is 2.22 bits per heavy atom. The summed E-state index contributed by atoms with van der Waals surface area (Å²) >= 11 is 0. The first-order valence-electron chi connectivity index (χ1n) is 6.94. The summed E-state index contributed by atoms with van der Waals surface area (Å²) in [6.07, 6.45) is 6.75. The Hall–Kier alpha value is -0.320. The van der Waals surface area contributed by atoms with Crippen molar-refractivity contribution in [2.75, 3.05) is 6.54 Å². The molecule has 2 saturated carbocycles. The largest absolute Gasteiger partial charge is 0.364 e. The summed E-state index contributed by atoms with van der Waals surface area (Å²) in [6, 6.07) is 0.433. The van der Waals surface area contributed by atoms with Gasteiger partial charge >= 0.3 is 0 Å². The third-order valence-electron chi connectivity index (χ3n) is 4.23. The van der Waals surface area contributed by atoms with Crippen molar-refractivity contribution < 1.29 is 9.53 Å². The Morgan fingerprint density at radius 2 is 1.78 bits per heavy atom. The van der Waals surface area contributed by atoms with Crippen LogP contribution in [0.4, 0.5) is 0 Å². The summed E-state index contributed by atoms with van der Waals surface area (Å²) in [4.78, 5) is 12.1. The highest BCUT2D eigenvalue weighted by atomic mass is 35.5. The zero-order valence-electron chi connectivity index (χ0n) is 10.6. The van der Waals surface area contributed by atoms with E-state index in [2.05, 4.69) is 5.32 Å². The lowest BCUT2D eigenvalue weighted by Crippen LogP contribution is -2.44. The number of rotatable bonds is 5. The molecule has 1 amide bonds. The fraction of sp³-hybridized carbons (Fsp3) is 0.923. The molecule has 1 saturated heterocycles. The van der Waals surface area contributed by atoms with E-state index in [1.807, 2.05) is 0 Å². The molecule has 18 heavy (non-hydrogen) atoms. The zero-order valence-corrected chi connectivity index (χ0v) is 11.5. The molecule has 5 heteroatoms. The minimum absolute atomic E-state index is 0. The van der Waals surface area contributed by atoms with Crippen molar-refractivity contribution in [3.63, 3.8) is 0 Å². The quantitative estimate of drug-likeness (QED) is 0.792. The molecule has 3 aliphatic rings. The second-order valence-corrected chi connectivity index (χ2v) is 5.77. The molecule has 1 aliphatic heterocycles. The van der Waals surface area contributed by atoms with Crippen LogP contribution in [0.1, 0.15) is 38.5 Å². The first kappa shape index (κ1) is 14.1. The van der Waals surface area contributed by atoms with Crippen LogP contribution in [0.15, 0.2) is 0 Å². The number of carbonyl (C=O) groups excluding carboxylic acids is 1. The number of hydrogen-bond donors (Lipinski definition) is 2. The van der Waals surface area contributed by atoms with Crippen molar-refractivity contribution in [1.29, 1.82) is 0 Å². The van der Waals surface area contributed by atoms with Gasteiger partial charge in [0.2, 0.25) is 5.91 Å². The molecule has 0 aromatic rings. The SMILES string of the molecule is Cl.NC[C@H]1CC[C@@H](C(=O)NC(C2CC2)C2CC2)O1. The summed E-state index contributed by atoms with van der Waals surface area (Å²) in [6.45, 7) is 0.526. The average Bonchev–Trinajstić information content (AvgIpc) is 3.24. The molecular formula is C13H23ClN2O2. The number of ether oxygens (including phenoxy) is 1. The number of hydrogen-bond acceptors (Lipinski definition) is 3. The van der Waals surface area contributed by atoms with Gasteiger partial charge in [-0.3, -0.25) is 4.79 Å². The predicted octanol–water partition coefficient (Wildman–Crippen LogP) is 1.22. The maximum absolute atomic E-state index is 12.1. The Bertz CT molecular complexity index is 293. The van der Waals surface area contributed by atoms with Crippen LogP contribution in [0.5, 0.6) is 0 Å². The zero-order chi connectivity index (χ0) is 11.8. The van der Waals surface area contributed by atoms with Crippen molar-refractivity contribution in [1.82, 2.24) is 5.32 Å². The van der Waals surface area contributed by atoms with E-state index in [9.17, 15) is 4.79 Å². The molecule has 0 spiro atoms. The van der Waals surface area contributed by atoms with Crippen molar-refractivity contribution in [3.8, 4) is 0 Å². The predicted molar refractivity (Wildman–Crippen MR) is 71.6 cm³/mol. The molecule has 3 fully saturated rings. The minimum Gasteiger partial charge on any atom is -0.364 e. The summed E-state index contributed by atoms with van der Waals surface area (Å²) in [5, 5.41) is 3.22. The fourth-order valence-corrected chi connectivity index (χ4v) is 2.86. The van der Waals surface area contributed by atoms with Crippen LogP contribution in [0, 0.1) is 11.8 Å². The van der Waals surface area contributed by atoms with E-state index in [1.54, 1.807) is 0 Å². The summed E-state index contributed by atoms with van der Waals surface area (Å²) < 4.78 is 5.64. The molecule has 3 rings (SSSR count). The maximum atomic E-state index is 12.1. The van der Waals surface area contributed by atoms with E-state index in [4.69, 9.17) is 10.5 Å². The number of nitrogens with one attached hydrogen (secondary N) is 1.